The molecule has 0 spiro atoms. The molecular weight excluding hydrogens is 260 g/mol. The van der Waals surface area contributed by atoms with E-state index in [4.69, 9.17) is 4.74 Å². The van der Waals surface area contributed by atoms with Gasteiger partial charge in [0.25, 0.3) is 0 Å². The van der Waals surface area contributed by atoms with Crippen LogP contribution in [-0.4, -0.2) is 35.6 Å². The van der Waals surface area contributed by atoms with Crippen molar-refractivity contribution >= 4 is 23.5 Å². The summed E-state index contributed by atoms with van der Waals surface area (Å²) < 4.78 is 4.78. The third-order valence-corrected chi connectivity index (χ3v) is 4.70. The Hall–Kier alpha value is -1.23. The van der Waals surface area contributed by atoms with E-state index in [1.807, 2.05) is 11.8 Å². The molecule has 0 aromatic carbocycles. The van der Waals surface area contributed by atoms with E-state index in [1.54, 1.807) is 18.3 Å². The van der Waals surface area contributed by atoms with Crippen molar-refractivity contribution in [1.29, 1.82) is 0 Å². The van der Waals surface area contributed by atoms with Crippen molar-refractivity contribution < 1.29 is 9.53 Å². The highest BCUT2D eigenvalue weighted by Gasteiger charge is 2.22. The fraction of sp³-hybridized carbons (Fsp3) is 0.571. The van der Waals surface area contributed by atoms with Gasteiger partial charge in [0.15, 0.2) is 0 Å². The maximum absolute atomic E-state index is 11.7. The number of aromatic nitrogens is 1. The molecule has 1 aliphatic rings. The largest absolute Gasteiger partial charge is 0.465 e. The van der Waals surface area contributed by atoms with Crippen LogP contribution in [0, 0.1) is 0 Å². The van der Waals surface area contributed by atoms with Gasteiger partial charge in [-0.1, -0.05) is 0 Å². The lowest BCUT2D eigenvalue weighted by Gasteiger charge is -2.28. The summed E-state index contributed by atoms with van der Waals surface area (Å²) in [6.07, 6.45) is 8.57. The van der Waals surface area contributed by atoms with Crippen molar-refractivity contribution in [2.45, 2.75) is 37.0 Å². The van der Waals surface area contributed by atoms with E-state index in [-0.39, 0.29) is 5.97 Å². The molecule has 0 amide bonds. The van der Waals surface area contributed by atoms with Crippen LogP contribution in [0.4, 0.5) is 5.82 Å². The third-order valence-electron chi connectivity index (χ3n) is 3.56. The summed E-state index contributed by atoms with van der Waals surface area (Å²) in [7, 11) is 1.39. The van der Waals surface area contributed by atoms with Crippen LogP contribution in [0.25, 0.3) is 0 Å². The van der Waals surface area contributed by atoms with Crippen LogP contribution in [0.15, 0.2) is 18.3 Å². The SMILES string of the molecule is COC(=O)c1cccnc1NC1CCC(SC)CC1. The topological polar surface area (TPSA) is 51.2 Å². The van der Waals surface area contributed by atoms with Crippen LogP contribution >= 0.6 is 11.8 Å². The van der Waals surface area contributed by atoms with Crippen molar-refractivity contribution in [3.05, 3.63) is 23.9 Å². The van der Waals surface area contributed by atoms with Gasteiger partial charge in [-0.15, -0.1) is 0 Å². The van der Waals surface area contributed by atoms with Crippen molar-refractivity contribution in [2.24, 2.45) is 0 Å². The molecule has 2 rings (SSSR count). The Morgan fingerprint density at radius 2 is 2.16 bits per heavy atom. The van der Waals surface area contributed by atoms with E-state index < -0.39 is 0 Å². The second-order valence-electron chi connectivity index (χ2n) is 4.74. The Kier molecular flexibility index (Phi) is 5.07. The molecule has 1 fully saturated rings. The minimum absolute atomic E-state index is 0.339. The number of pyridine rings is 1. The quantitative estimate of drug-likeness (QED) is 0.859. The Labute approximate surface area is 118 Å². The maximum Gasteiger partial charge on any atom is 0.341 e. The lowest BCUT2D eigenvalue weighted by molar-refractivity contribution is 0.0601. The van der Waals surface area contributed by atoms with Gasteiger partial charge in [-0.3, -0.25) is 0 Å². The smallest absolute Gasteiger partial charge is 0.341 e. The van der Waals surface area contributed by atoms with Gasteiger partial charge < -0.3 is 10.1 Å². The minimum atomic E-state index is -0.339. The highest BCUT2D eigenvalue weighted by Crippen LogP contribution is 2.28. The number of hydrogen-bond donors (Lipinski definition) is 1. The molecule has 0 atom stereocenters. The molecule has 19 heavy (non-hydrogen) atoms. The summed E-state index contributed by atoms with van der Waals surface area (Å²) >= 11 is 1.95. The molecule has 1 saturated carbocycles. The molecule has 0 aliphatic heterocycles. The van der Waals surface area contributed by atoms with E-state index in [2.05, 4.69) is 16.6 Å². The van der Waals surface area contributed by atoms with Gasteiger partial charge in [0, 0.05) is 17.5 Å². The first-order valence-electron chi connectivity index (χ1n) is 6.57. The standard InChI is InChI=1S/C14H20N2O2S/c1-18-14(17)12-4-3-9-15-13(12)16-10-5-7-11(19-2)8-6-10/h3-4,9-11H,5-8H2,1-2H3,(H,15,16). The van der Waals surface area contributed by atoms with Gasteiger partial charge in [-0.05, 0) is 44.1 Å². The minimum Gasteiger partial charge on any atom is -0.465 e. The van der Waals surface area contributed by atoms with Crippen molar-refractivity contribution in [1.82, 2.24) is 4.98 Å². The molecule has 5 heteroatoms. The molecule has 0 radical (unpaired) electrons. The predicted octanol–water partition coefficient (Wildman–Crippen LogP) is 2.95. The van der Waals surface area contributed by atoms with E-state index in [0.717, 1.165) is 18.1 Å². The first kappa shape index (κ1) is 14.2. The van der Waals surface area contributed by atoms with Gasteiger partial charge in [-0.2, -0.15) is 11.8 Å². The monoisotopic (exact) mass is 280 g/mol. The molecule has 4 nitrogen and oxygen atoms in total. The molecule has 1 N–H and O–H groups in total. The number of hydrogen-bond acceptors (Lipinski definition) is 5. The molecule has 1 aromatic rings. The lowest BCUT2D eigenvalue weighted by atomic mass is 9.95. The second kappa shape index (κ2) is 6.80. The van der Waals surface area contributed by atoms with Crippen LogP contribution in [0.3, 0.4) is 0 Å². The van der Waals surface area contributed by atoms with E-state index >= 15 is 0 Å². The third kappa shape index (κ3) is 3.62. The number of carbonyl (C=O) groups is 1. The van der Waals surface area contributed by atoms with E-state index in [1.165, 1.54) is 20.0 Å². The molecular formula is C14H20N2O2S. The van der Waals surface area contributed by atoms with Gasteiger partial charge in [0.05, 0.1) is 7.11 Å². The number of carbonyl (C=O) groups excluding carboxylic acids is 1. The maximum atomic E-state index is 11.7. The first-order valence-corrected chi connectivity index (χ1v) is 7.86. The predicted molar refractivity (Wildman–Crippen MR) is 78.8 cm³/mol. The van der Waals surface area contributed by atoms with Crippen molar-refractivity contribution in [3.8, 4) is 0 Å². The fourth-order valence-corrected chi connectivity index (χ4v) is 3.17. The summed E-state index contributed by atoms with van der Waals surface area (Å²) in [6, 6.07) is 3.90. The molecule has 1 heterocycles. The Balaban J connectivity index is 2.01. The van der Waals surface area contributed by atoms with E-state index in [0.29, 0.717) is 17.4 Å². The van der Waals surface area contributed by atoms with Crippen LogP contribution in [-0.2, 0) is 4.74 Å². The first-order chi connectivity index (χ1) is 9.24. The molecule has 1 aromatic heterocycles. The highest BCUT2D eigenvalue weighted by molar-refractivity contribution is 7.99. The van der Waals surface area contributed by atoms with Gasteiger partial charge in [0.1, 0.15) is 11.4 Å². The Morgan fingerprint density at radius 1 is 1.42 bits per heavy atom. The van der Waals surface area contributed by atoms with Gasteiger partial charge in [-0.25, -0.2) is 9.78 Å². The summed E-state index contributed by atoms with van der Waals surface area (Å²) in [6.45, 7) is 0. The van der Waals surface area contributed by atoms with E-state index in [9.17, 15) is 4.79 Å². The summed E-state index contributed by atoms with van der Waals surface area (Å²) in [5.41, 5.74) is 0.511. The van der Waals surface area contributed by atoms with Crippen LogP contribution < -0.4 is 5.32 Å². The molecule has 0 saturated heterocycles. The van der Waals surface area contributed by atoms with Crippen LogP contribution in [0.1, 0.15) is 36.0 Å². The molecule has 0 unspecified atom stereocenters. The summed E-state index contributed by atoms with van der Waals surface area (Å²) in [5.74, 6) is 0.301. The number of ether oxygens (including phenoxy) is 1. The Morgan fingerprint density at radius 3 is 2.79 bits per heavy atom. The zero-order chi connectivity index (χ0) is 13.7. The number of esters is 1. The zero-order valence-corrected chi connectivity index (χ0v) is 12.2. The summed E-state index contributed by atoms with van der Waals surface area (Å²) in [5, 5.41) is 4.17. The van der Waals surface area contributed by atoms with Crippen LogP contribution in [0.2, 0.25) is 0 Å². The molecule has 0 bridgehead atoms. The number of nitrogens with zero attached hydrogens (tertiary/aromatic N) is 1. The zero-order valence-electron chi connectivity index (χ0n) is 11.4. The second-order valence-corrected chi connectivity index (χ2v) is 5.88. The van der Waals surface area contributed by atoms with Gasteiger partial charge in [0.2, 0.25) is 0 Å². The van der Waals surface area contributed by atoms with Crippen molar-refractivity contribution in [3.63, 3.8) is 0 Å². The number of methoxy groups -OCH3 is 1. The Bertz CT molecular complexity index is 431. The number of nitrogens with one attached hydrogen (secondary N) is 1. The average molecular weight is 280 g/mol. The molecule has 1 aliphatic carbocycles. The number of rotatable bonds is 4. The average Bonchev–Trinajstić information content (AvgIpc) is 2.48. The van der Waals surface area contributed by atoms with Crippen LogP contribution in [0.5, 0.6) is 0 Å². The normalized spacial score (nSPS) is 22.8. The highest BCUT2D eigenvalue weighted by atomic mass is 32.2. The van der Waals surface area contributed by atoms with Gasteiger partial charge >= 0.3 is 5.97 Å². The lowest BCUT2D eigenvalue weighted by Crippen LogP contribution is -2.28. The molecule has 104 valence electrons. The fourth-order valence-electron chi connectivity index (χ4n) is 2.43. The number of anilines is 1. The number of thioether (sulfide) groups is 1. The van der Waals surface area contributed by atoms with Crippen molar-refractivity contribution in [2.75, 3.05) is 18.7 Å². The summed E-state index contributed by atoms with van der Waals surface area (Å²) in [4.78, 5) is 15.9.